The van der Waals surface area contributed by atoms with Crippen molar-refractivity contribution in [1.29, 1.82) is 0 Å². The van der Waals surface area contributed by atoms with Crippen molar-refractivity contribution in [2.24, 2.45) is 5.73 Å². The summed E-state index contributed by atoms with van der Waals surface area (Å²) in [6, 6.07) is 7.64. The van der Waals surface area contributed by atoms with E-state index in [0.29, 0.717) is 19.8 Å². The van der Waals surface area contributed by atoms with Gasteiger partial charge in [0.1, 0.15) is 11.9 Å². The molecule has 16 heavy (non-hydrogen) atoms. The maximum absolute atomic E-state index is 6.01. The molecule has 1 aliphatic rings. The van der Waals surface area contributed by atoms with E-state index in [0.717, 1.165) is 11.3 Å². The van der Waals surface area contributed by atoms with Gasteiger partial charge in [-0.2, -0.15) is 0 Å². The highest BCUT2D eigenvalue weighted by Crippen LogP contribution is 2.17. The van der Waals surface area contributed by atoms with Crippen molar-refractivity contribution in [3.8, 4) is 5.75 Å². The van der Waals surface area contributed by atoms with Crippen LogP contribution < -0.4 is 10.5 Å². The first-order valence-electron chi connectivity index (χ1n) is 5.38. The number of methoxy groups -OCH3 is 1. The Morgan fingerprint density at radius 1 is 1.38 bits per heavy atom. The number of hydrogen-bond donors (Lipinski definition) is 1. The fourth-order valence-electron chi connectivity index (χ4n) is 1.50. The minimum atomic E-state index is -0.0912. The molecule has 1 aromatic carbocycles. The molecule has 1 aromatic rings. The van der Waals surface area contributed by atoms with Crippen LogP contribution in [-0.2, 0) is 9.47 Å². The van der Waals surface area contributed by atoms with Gasteiger partial charge < -0.3 is 19.9 Å². The van der Waals surface area contributed by atoms with Crippen LogP contribution in [0.2, 0.25) is 0 Å². The smallest absolute Gasteiger partial charge is 0.118 e. The van der Waals surface area contributed by atoms with E-state index in [1.807, 2.05) is 24.3 Å². The van der Waals surface area contributed by atoms with Crippen molar-refractivity contribution in [2.45, 2.75) is 12.1 Å². The molecule has 4 nitrogen and oxygen atoms in total. The van der Waals surface area contributed by atoms with Gasteiger partial charge in [-0.3, -0.25) is 0 Å². The van der Waals surface area contributed by atoms with Gasteiger partial charge in [0, 0.05) is 0 Å². The van der Waals surface area contributed by atoms with E-state index in [9.17, 15) is 0 Å². The van der Waals surface area contributed by atoms with E-state index in [-0.39, 0.29) is 12.1 Å². The monoisotopic (exact) mass is 223 g/mol. The van der Waals surface area contributed by atoms with Crippen LogP contribution in [0.3, 0.4) is 0 Å². The van der Waals surface area contributed by atoms with Crippen LogP contribution in [0.25, 0.3) is 0 Å². The summed E-state index contributed by atoms with van der Waals surface area (Å²) in [6.45, 7) is 1.91. The standard InChI is InChI=1S/C12H17NO3/c1-14-10-4-2-9(3-5-10)12(13)8-16-11-6-15-7-11/h2-5,11-12H,6-8,13H2,1H3. The number of nitrogens with two attached hydrogens (primary N) is 1. The maximum atomic E-state index is 6.01. The molecule has 1 aliphatic heterocycles. The van der Waals surface area contributed by atoms with Gasteiger partial charge in [0.05, 0.1) is 33.0 Å². The summed E-state index contributed by atoms with van der Waals surface area (Å²) in [6.07, 6.45) is 0.226. The molecule has 1 atom stereocenters. The molecule has 2 N–H and O–H groups in total. The molecular formula is C12H17NO3. The maximum Gasteiger partial charge on any atom is 0.118 e. The Bertz CT molecular complexity index is 322. The largest absolute Gasteiger partial charge is 0.497 e. The average molecular weight is 223 g/mol. The van der Waals surface area contributed by atoms with Crippen molar-refractivity contribution in [3.63, 3.8) is 0 Å². The molecule has 4 heteroatoms. The van der Waals surface area contributed by atoms with Gasteiger partial charge in [0.2, 0.25) is 0 Å². The summed E-state index contributed by atoms with van der Waals surface area (Å²) in [5.41, 5.74) is 7.06. The predicted molar refractivity (Wildman–Crippen MR) is 60.5 cm³/mol. The lowest BCUT2D eigenvalue weighted by molar-refractivity contribution is -0.131. The van der Waals surface area contributed by atoms with E-state index in [1.54, 1.807) is 7.11 Å². The Labute approximate surface area is 95.3 Å². The number of benzene rings is 1. The first-order chi connectivity index (χ1) is 7.79. The minimum absolute atomic E-state index is 0.0912. The van der Waals surface area contributed by atoms with Crippen LogP contribution in [0.4, 0.5) is 0 Å². The molecule has 0 aromatic heterocycles. The van der Waals surface area contributed by atoms with Crippen LogP contribution >= 0.6 is 0 Å². The lowest BCUT2D eigenvalue weighted by Crippen LogP contribution is -2.37. The average Bonchev–Trinajstić information content (AvgIpc) is 2.27. The third kappa shape index (κ3) is 2.72. The zero-order chi connectivity index (χ0) is 11.4. The van der Waals surface area contributed by atoms with Crippen LogP contribution in [0.5, 0.6) is 5.75 Å². The lowest BCUT2D eigenvalue weighted by Gasteiger charge is -2.27. The minimum Gasteiger partial charge on any atom is -0.497 e. The molecule has 0 saturated carbocycles. The Balaban J connectivity index is 1.84. The second kappa shape index (κ2) is 5.30. The molecule has 0 spiro atoms. The second-order valence-electron chi connectivity index (χ2n) is 3.87. The zero-order valence-corrected chi connectivity index (χ0v) is 9.39. The van der Waals surface area contributed by atoms with Gasteiger partial charge in [-0.15, -0.1) is 0 Å². The van der Waals surface area contributed by atoms with Crippen LogP contribution in [0, 0.1) is 0 Å². The van der Waals surface area contributed by atoms with Gasteiger partial charge >= 0.3 is 0 Å². The summed E-state index contributed by atoms with van der Waals surface area (Å²) < 4.78 is 15.7. The van der Waals surface area contributed by atoms with Gasteiger partial charge in [0.15, 0.2) is 0 Å². The van der Waals surface area contributed by atoms with E-state index >= 15 is 0 Å². The van der Waals surface area contributed by atoms with E-state index in [1.165, 1.54) is 0 Å². The highest BCUT2D eigenvalue weighted by molar-refractivity contribution is 5.28. The molecule has 88 valence electrons. The van der Waals surface area contributed by atoms with Crippen LogP contribution in [-0.4, -0.2) is 33.0 Å². The highest BCUT2D eigenvalue weighted by Gasteiger charge is 2.20. The molecule has 1 heterocycles. The van der Waals surface area contributed by atoms with Gasteiger partial charge in [0.25, 0.3) is 0 Å². The highest BCUT2D eigenvalue weighted by atomic mass is 16.6. The summed E-state index contributed by atoms with van der Waals surface area (Å²) in [5.74, 6) is 0.837. The molecule has 1 fully saturated rings. The van der Waals surface area contributed by atoms with E-state index in [2.05, 4.69) is 0 Å². The van der Waals surface area contributed by atoms with Crippen molar-refractivity contribution in [1.82, 2.24) is 0 Å². The van der Waals surface area contributed by atoms with Gasteiger partial charge in [-0.25, -0.2) is 0 Å². The first kappa shape index (κ1) is 11.4. The summed E-state index contributed by atoms with van der Waals surface area (Å²) >= 11 is 0. The quantitative estimate of drug-likeness (QED) is 0.812. The predicted octanol–water partition coefficient (Wildman–Crippen LogP) is 1.11. The Hall–Kier alpha value is -1.10. The lowest BCUT2D eigenvalue weighted by atomic mass is 10.1. The summed E-state index contributed by atoms with van der Waals surface area (Å²) in [5, 5.41) is 0. The third-order valence-electron chi connectivity index (χ3n) is 2.66. The first-order valence-corrected chi connectivity index (χ1v) is 5.38. The number of hydrogen-bond acceptors (Lipinski definition) is 4. The molecule has 2 rings (SSSR count). The Morgan fingerprint density at radius 2 is 2.06 bits per heavy atom. The topological polar surface area (TPSA) is 53.7 Å². The zero-order valence-electron chi connectivity index (χ0n) is 9.39. The molecule has 0 amide bonds. The molecule has 1 unspecified atom stereocenters. The SMILES string of the molecule is COc1ccc(C(N)COC2COC2)cc1. The van der Waals surface area contributed by atoms with Crippen molar-refractivity contribution in [3.05, 3.63) is 29.8 Å². The van der Waals surface area contributed by atoms with E-state index < -0.39 is 0 Å². The second-order valence-corrected chi connectivity index (χ2v) is 3.87. The van der Waals surface area contributed by atoms with Crippen LogP contribution in [0.1, 0.15) is 11.6 Å². The fraction of sp³-hybridized carbons (Fsp3) is 0.500. The summed E-state index contributed by atoms with van der Waals surface area (Å²) in [4.78, 5) is 0. The van der Waals surface area contributed by atoms with Crippen LogP contribution in [0.15, 0.2) is 24.3 Å². The third-order valence-corrected chi connectivity index (χ3v) is 2.66. The van der Waals surface area contributed by atoms with E-state index in [4.69, 9.17) is 19.9 Å². The fourth-order valence-corrected chi connectivity index (χ4v) is 1.50. The molecule has 1 saturated heterocycles. The van der Waals surface area contributed by atoms with Gasteiger partial charge in [-0.1, -0.05) is 12.1 Å². The Morgan fingerprint density at radius 3 is 2.56 bits per heavy atom. The van der Waals surface area contributed by atoms with Crippen molar-refractivity contribution in [2.75, 3.05) is 26.9 Å². The van der Waals surface area contributed by atoms with Crippen molar-refractivity contribution >= 4 is 0 Å². The molecule has 0 aliphatic carbocycles. The summed E-state index contributed by atoms with van der Waals surface area (Å²) in [7, 11) is 1.65. The van der Waals surface area contributed by atoms with Crippen molar-refractivity contribution < 1.29 is 14.2 Å². The molecule has 0 bridgehead atoms. The molecular weight excluding hydrogens is 206 g/mol. The number of rotatable bonds is 5. The number of ether oxygens (including phenoxy) is 3. The normalized spacial score (nSPS) is 17.9. The Kier molecular flexibility index (Phi) is 3.77. The molecule has 0 radical (unpaired) electrons. The van der Waals surface area contributed by atoms with Gasteiger partial charge in [-0.05, 0) is 17.7 Å².